The number of ether oxygens (including phenoxy) is 1. The van der Waals surface area contributed by atoms with E-state index in [-0.39, 0.29) is 6.04 Å². The Morgan fingerprint density at radius 2 is 1.50 bits per heavy atom. The van der Waals surface area contributed by atoms with Gasteiger partial charge in [-0.1, -0.05) is 39.7 Å². The van der Waals surface area contributed by atoms with Gasteiger partial charge in [0.25, 0.3) is 0 Å². The summed E-state index contributed by atoms with van der Waals surface area (Å²) in [7, 11) is 0. The van der Waals surface area contributed by atoms with E-state index < -0.39 is 0 Å². The van der Waals surface area contributed by atoms with Crippen molar-refractivity contribution in [3.63, 3.8) is 0 Å². The van der Waals surface area contributed by atoms with Crippen molar-refractivity contribution in [1.29, 1.82) is 0 Å². The second-order valence-corrected chi connectivity index (χ2v) is 5.67. The smallest absolute Gasteiger partial charge is 0.119 e. The summed E-state index contributed by atoms with van der Waals surface area (Å²) in [5.41, 5.74) is 8.74. The Morgan fingerprint density at radius 1 is 0.950 bits per heavy atom. The monoisotopic (exact) mass is 277 g/mol. The van der Waals surface area contributed by atoms with Crippen LogP contribution < -0.4 is 10.5 Å². The van der Waals surface area contributed by atoms with Gasteiger partial charge in [-0.3, -0.25) is 0 Å². The van der Waals surface area contributed by atoms with E-state index in [1.54, 1.807) is 0 Å². The molecule has 0 amide bonds. The van der Waals surface area contributed by atoms with Gasteiger partial charge in [-0.15, -0.1) is 0 Å². The minimum atomic E-state index is 0.133. The molecule has 1 rings (SSSR count). The maximum absolute atomic E-state index is 5.93. The fraction of sp³-hybridized carbons (Fsp3) is 0.667. The lowest BCUT2D eigenvalue weighted by Crippen LogP contribution is -2.26. The largest absolute Gasteiger partial charge is 0.492 e. The topological polar surface area (TPSA) is 35.2 Å². The van der Waals surface area contributed by atoms with Gasteiger partial charge in [0.1, 0.15) is 12.4 Å². The summed E-state index contributed by atoms with van der Waals surface area (Å²) in [5, 5.41) is 0. The van der Waals surface area contributed by atoms with E-state index in [1.807, 2.05) is 0 Å². The number of unbranched alkanes of at least 4 members (excludes halogenated alkanes) is 2. The number of benzene rings is 1. The molecule has 0 aliphatic carbocycles. The molecule has 0 radical (unpaired) electrons. The van der Waals surface area contributed by atoms with Crippen LogP contribution in [0.25, 0.3) is 0 Å². The first-order valence-corrected chi connectivity index (χ1v) is 8.20. The summed E-state index contributed by atoms with van der Waals surface area (Å²) >= 11 is 0. The van der Waals surface area contributed by atoms with E-state index in [2.05, 4.69) is 39.0 Å². The number of nitrogens with two attached hydrogens (primary N) is 1. The third-order valence-corrected chi connectivity index (χ3v) is 3.65. The summed E-state index contributed by atoms with van der Waals surface area (Å²) in [6.45, 7) is 7.18. The summed E-state index contributed by atoms with van der Waals surface area (Å²) < 4.78 is 5.87. The second kappa shape index (κ2) is 9.82. The van der Waals surface area contributed by atoms with Crippen molar-refractivity contribution in [3.05, 3.63) is 29.3 Å². The molecule has 114 valence electrons. The van der Waals surface area contributed by atoms with Gasteiger partial charge in [-0.2, -0.15) is 0 Å². The maximum atomic E-state index is 5.93. The van der Waals surface area contributed by atoms with E-state index in [4.69, 9.17) is 10.5 Å². The molecule has 1 atom stereocenters. The van der Waals surface area contributed by atoms with Crippen molar-refractivity contribution >= 4 is 0 Å². The van der Waals surface area contributed by atoms with Crippen LogP contribution in [-0.2, 0) is 12.8 Å². The van der Waals surface area contributed by atoms with E-state index >= 15 is 0 Å². The predicted molar refractivity (Wildman–Crippen MR) is 87.4 cm³/mol. The molecule has 0 saturated heterocycles. The first-order valence-electron chi connectivity index (χ1n) is 8.20. The lowest BCUT2D eigenvalue weighted by atomic mass is 10.0. The van der Waals surface area contributed by atoms with Gasteiger partial charge >= 0.3 is 0 Å². The standard InChI is InChI=1S/C18H31NO/c1-4-7-9-15-11-16(10-8-5-2)13-18(12-15)20-14-17(19)6-3/h11-13,17H,4-10,14,19H2,1-3H3. The van der Waals surface area contributed by atoms with Gasteiger partial charge in [0.2, 0.25) is 0 Å². The molecule has 0 spiro atoms. The number of aryl methyl sites for hydroxylation is 2. The van der Waals surface area contributed by atoms with Crippen LogP contribution in [0.1, 0.15) is 64.0 Å². The van der Waals surface area contributed by atoms with Gasteiger partial charge in [0.05, 0.1) is 0 Å². The predicted octanol–water partition coefficient (Wildman–Crippen LogP) is 4.49. The third kappa shape index (κ3) is 6.42. The van der Waals surface area contributed by atoms with Crippen LogP contribution in [0.5, 0.6) is 5.75 Å². The molecule has 0 aliphatic rings. The molecule has 2 nitrogen and oxygen atoms in total. The first kappa shape index (κ1) is 17.0. The summed E-state index contributed by atoms with van der Waals surface area (Å²) in [4.78, 5) is 0. The zero-order valence-corrected chi connectivity index (χ0v) is 13.5. The molecule has 1 aromatic carbocycles. The Kier molecular flexibility index (Phi) is 8.36. The zero-order chi connectivity index (χ0) is 14.8. The van der Waals surface area contributed by atoms with Crippen LogP contribution in [0, 0.1) is 0 Å². The zero-order valence-electron chi connectivity index (χ0n) is 13.5. The van der Waals surface area contributed by atoms with Crippen molar-refractivity contribution in [2.24, 2.45) is 5.73 Å². The Labute approximate surface area is 124 Å². The third-order valence-electron chi connectivity index (χ3n) is 3.65. The average Bonchev–Trinajstić information content (AvgIpc) is 2.48. The van der Waals surface area contributed by atoms with Crippen LogP contribution >= 0.6 is 0 Å². The van der Waals surface area contributed by atoms with Crippen molar-refractivity contribution in [3.8, 4) is 5.75 Å². The van der Waals surface area contributed by atoms with Crippen molar-refractivity contribution < 1.29 is 4.74 Å². The number of rotatable bonds is 10. The molecule has 20 heavy (non-hydrogen) atoms. The van der Waals surface area contributed by atoms with Crippen molar-refractivity contribution in [2.75, 3.05) is 6.61 Å². The van der Waals surface area contributed by atoms with Gasteiger partial charge in [-0.05, 0) is 55.4 Å². The molecule has 2 heteroatoms. The number of hydrogen-bond acceptors (Lipinski definition) is 2. The van der Waals surface area contributed by atoms with Crippen LogP contribution in [0.4, 0.5) is 0 Å². The van der Waals surface area contributed by atoms with Gasteiger partial charge in [0.15, 0.2) is 0 Å². The first-order chi connectivity index (χ1) is 9.69. The molecule has 0 heterocycles. The maximum Gasteiger partial charge on any atom is 0.119 e. The minimum absolute atomic E-state index is 0.133. The molecule has 1 aromatic rings. The minimum Gasteiger partial charge on any atom is -0.492 e. The molecule has 0 saturated carbocycles. The molecule has 0 bridgehead atoms. The molecule has 0 aromatic heterocycles. The average molecular weight is 277 g/mol. The Balaban J connectivity index is 2.73. The van der Waals surface area contributed by atoms with E-state index in [1.165, 1.54) is 36.8 Å². The number of hydrogen-bond donors (Lipinski definition) is 1. The highest BCUT2D eigenvalue weighted by atomic mass is 16.5. The molecule has 0 aliphatic heterocycles. The summed E-state index contributed by atoms with van der Waals surface area (Å²) in [6.07, 6.45) is 8.19. The highest BCUT2D eigenvalue weighted by Crippen LogP contribution is 2.21. The Hall–Kier alpha value is -1.02. The molecule has 1 unspecified atom stereocenters. The Bertz CT molecular complexity index is 349. The highest BCUT2D eigenvalue weighted by Gasteiger charge is 2.05. The van der Waals surface area contributed by atoms with E-state index in [0.29, 0.717) is 6.61 Å². The van der Waals surface area contributed by atoms with Crippen LogP contribution in [-0.4, -0.2) is 12.6 Å². The van der Waals surface area contributed by atoms with Crippen LogP contribution in [0.3, 0.4) is 0 Å². The van der Waals surface area contributed by atoms with Crippen LogP contribution in [0.2, 0.25) is 0 Å². The van der Waals surface area contributed by atoms with Crippen molar-refractivity contribution in [1.82, 2.24) is 0 Å². The lowest BCUT2D eigenvalue weighted by molar-refractivity contribution is 0.285. The van der Waals surface area contributed by atoms with Gasteiger partial charge < -0.3 is 10.5 Å². The molecule has 2 N–H and O–H groups in total. The summed E-state index contributed by atoms with van der Waals surface area (Å²) in [6, 6.07) is 6.85. The Morgan fingerprint density at radius 3 is 1.95 bits per heavy atom. The molecular formula is C18H31NO. The molecular weight excluding hydrogens is 246 g/mol. The van der Waals surface area contributed by atoms with Gasteiger partial charge in [-0.25, -0.2) is 0 Å². The van der Waals surface area contributed by atoms with E-state index in [9.17, 15) is 0 Å². The summed E-state index contributed by atoms with van der Waals surface area (Å²) in [5.74, 6) is 0.994. The van der Waals surface area contributed by atoms with E-state index in [0.717, 1.165) is 25.0 Å². The van der Waals surface area contributed by atoms with Crippen LogP contribution in [0.15, 0.2) is 18.2 Å². The fourth-order valence-corrected chi connectivity index (χ4v) is 2.18. The normalized spacial score (nSPS) is 12.4. The quantitative estimate of drug-likeness (QED) is 0.684. The second-order valence-electron chi connectivity index (χ2n) is 5.67. The fourth-order valence-electron chi connectivity index (χ4n) is 2.18. The van der Waals surface area contributed by atoms with Crippen molar-refractivity contribution in [2.45, 2.75) is 71.8 Å². The SMILES string of the molecule is CCCCc1cc(CCCC)cc(OCC(N)CC)c1. The van der Waals surface area contributed by atoms with Gasteiger partial charge in [0, 0.05) is 6.04 Å². The molecule has 0 fully saturated rings. The lowest BCUT2D eigenvalue weighted by Gasteiger charge is -2.14. The highest BCUT2D eigenvalue weighted by molar-refractivity contribution is 5.35.